The molecule has 0 atom stereocenters. The van der Waals surface area contributed by atoms with Gasteiger partial charge in [-0.1, -0.05) is 0 Å². The molecule has 1 saturated carbocycles. The number of carbonyl (C=O) groups is 1. The number of esters is 1. The summed E-state index contributed by atoms with van der Waals surface area (Å²) in [4.78, 5) is 15.9. The molecule has 0 bridgehead atoms. The predicted molar refractivity (Wildman–Crippen MR) is 84.6 cm³/mol. The average Bonchev–Trinajstić information content (AvgIpc) is 3.40. The molecule has 2 N–H and O–H groups in total. The Morgan fingerprint density at radius 2 is 1.92 bits per heavy atom. The quantitative estimate of drug-likeness (QED) is 0.146. The number of halogens is 4. The molecule has 1 aliphatic rings. The maximum absolute atomic E-state index is 13.9. The lowest BCUT2D eigenvalue weighted by Gasteiger charge is -2.10. The molecule has 0 spiro atoms. The largest absolute Gasteiger partial charge is 0.506 e. The smallest absolute Gasteiger partial charge is 0.343 e. The van der Waals surface area contributed by atoms with Crippen molar-refractivity contribution in [2.45, 2.75) is 19.8 Å². The van der Waals surface area contributed by atoms with Gasteiger partial charge < -0.3 is 14.9 Å². The van der Waals surface area contributed by atoms with E-state index < -0.39 is 51.5 Å². The molecule has 2 rings (SSSR count). The standard InChI is InChI=1S/C17H17F4NO4/c1-2-26-16(25)10(6-22-7-17(8-23)3-4-17)15(24)9-5-11(18)13(20)14(21)12(9)19/h5-6,23-24H,2-4,7-8H2,1H3. The number of nitrogens with zero attached hydrogens (tertiary/aromatic N) is 1. The van der Waals surface area contributed by atoms with E-state index in [2.05, 4.69) is 4.99 Å². The molecule has 0 aromatic heterocycles. The van der Waals surface area contributed by atoms with Gasteiger partial charge in [0.1, 0.15) is 11.3 Å². The number of aliphatic hydroxyl groups is 2. The third-order valence-electron chi connectivity index (χ3n) is 4.05. The van der Waals surface area contributed by atoms with Crippen LogP contribution in [0.4, 0.5) is 17.6 Å². The zero-order valence-corrected chi connectivity index (χ0v) is 13.9. The molecule has 0 amide bonds. The van der Waals surface area contributed by atoms with Crippen LogP contribution in [-0.2, 0) is 9.53 Å². The van der Waals surface area contributed by atoms with Gasteiger partial charge in [0.2, 0.25) is 0 Å². The minimum atomic E-state index is -2.12. The van der Waals surface area contributed by atoms with Gasteiger partial charge in [-0.05, 0) is 25.8 Å². The highest BCUT2D eigenvalue weighted by atomic mass is 19.2. The summed E-state index contributed by atoms with van der Waals surface area (Å²) in [6.45, 7) is 1.41. The van der Waals surface area contributed by atoms with Gasteiger partial charge in [0, 0.05) is 18.2 Å². The molecule has 0 heterocycles. The molecule has 1 aromatic rings. The van der Waals surface area contributed by atoms with Crippen molar-refractivity contribution in [3.05, 3.63) is 40.5 Å². The van der Waals surface area contributed by atoms with Crippen molar-refractivity contribution in [3.63, 3.8) is 0 Å². The van der Waals surface area contributed by atoms with E-state index in [-0.39, 0.29) is 25.8 Å². The Hall–Kier alpha value is -2.42. The van der Waals surface area contributed by atoms with Crippen LogP contribution in [-0.4, -0.2) is 42.2 Å². The fraction of sp³-hybridized carbons (Fsp3) is 0.412. The van der Waals surface area contributed by atoms with Crippen LogP contribution in [0.2, 0.25) is 0 Å². The van der Waals surface area contributed by atoms with Crippen LogP contribution in [0.1, 0.15) is 25.3 Å². The third kappa shape index (κ3) is 4.04. The summed E-state index contributed by atoms with van der Waals surface area (Å²) in [6, 6.07) is 0.228. The Kier molecular flexibility index (Phi) is 6.01. The third-order valence-corrected chi connectivity index (χ3v) is 4.05. The molecule has 0 radical (unpaired) electrons. The first-order valence-corrected chi connectivity index (χ1v) is 7.80. The van der Waals surface area contributed by atoms with Crippen LogP contribution < -0.4 is 0 Å². The SMILES string of the molecule is CCOC(=O)C(C=NCC1(CO)CC1)=C(O)c1cc(F)c(F)c(F)c1F. The molecule has 1 fully saturated rings. The zero-order valence-electron chi connectivity index (χ0n) is 13.9. The van der Waals surface area contributed by atoms with Crippen LogP contribution in [0.3, 0.4) is 0 Å². The topological polar surface area (TPSA) is 79.1 Å². The van der Waals surface area contributed by atoms with Crippen molar-refractivity contribution in [1.82, 2.24) is 0 Å². The normalized spacial score (nSPS) is 16.5. The lowest BCUT2D eigenvalue weighted by molar-refractivity contribution is -0.137. The number of benzene rings is 1. The number of carbonyl (C=O) groups excluding carboxylic acids is 1. The second-order valence-electron chi connectivity index (χ2n) is 5.96. The lowest BCUT2D eigenvalue weighted by Crippen LogP contribution is -2.14. The van der Waals surface area contributed by atoms with Crippen molar-refractivity contribution in [3.8, 4) is 0 Å². The van der Waals surface area contributed by atoms with Crippen LogP contribution in [0.5, 0.6) is 0 Å². The van der Waals surface area contributed by atoms with Crippen molar-refractivity contribution >= 4 is 17.9 Å². The summed E-state index contributed by atoms with van der Waals surface area (Å²) in [5.41, 5.74) is -2.09. The molecule has 26 heavy (non-hydrogen) atoms. The molecule has 0 aliphatic heterocycles. The van der Waals surface area contributed by atoms with E-state index in [0.29, 0.717) is 0 Å². The minimum absolute atomic E-state index is 0.0847. The summed E-state index contributed by atoms with van der Waals surface area (Å²) < 4.78 is 58.4. The van der Waals surface area contributed by atoms with Crippen molar-refractivity contribution < 1.29 is 37.3 Å². The zero-order chi connectivity index (χ0) is 19.5. The van der Waals surface area contributed by atoms with Gasteiger partial charge in [0.25, 0.3) is 0 Å². The molecule has 5 nitrogen and oxygen atoms in total. The Morgan fingerprint density at radius 1 is 1.27 bits per heavy atom. The highest BCUT2D eigenvalue weighted by Gasteiger charge is 2.41. The maximum atomic E-state index is 13.9. The highest BCUT2D eigenvalue weighted by molar-refractivity contribution is 6.15. The van der Waals surface area contributed by atoms with Gasteiger partial charge in [-0.25, -0.2) is 22.4 Å². The van der Waals surface area contributed by atoms with Crippen LogP contribution >= 0.6 is 0 Å². The number of hydrogen-bond donors (Lipinski definition) is 2. The molecular formula is C17H17F4NO4. The molecule has 1 aromatic carbocycles. The second kappa shape index (κ2) is 7.86. The number of ether oxygens (including phenoxy) is 1. The first-order valence-electron chi connectivity index (χ1n) is 7.80. The summed E-state index contributed by atoms with van der Waals surface area (Å²) in [5.74, 6) is -10.00. The van der Waals surface area contributed by atoms with Gasteiger partial charge in [0.15, 0.2) is 23.3 Å². The first kappa shape index (κ1) is 19.9. The lowest BCUT2D eigenvalue weighted by atomic mass is 10.1. The average molecular weight is 375 g/mol. The number of aliphatic hydroxyl groups excluding tert-OH is 2. The Bertz CT molecular complexity index is 773. The van der Waals surface area contributed by atoms with Crippen molar-refractivity contribution in [2.75, 3.05) is 19.8 Å². The summed E-state index contributed by atoms with van der Waals surface area (Å²) >= 11 is 0. The fourth-order valence-electron chi connectivity index (χ4n) is 2.18. The van der Waals surface area contributed by atoms with E-state index in [1.165, 1.54) is 6.92 Å². The molecule has 0 unspecified atom stereocenters. The van der Waals surface area contributed by atoms with Gasteiger partial charge in [-0.15, -0.1) is 0 Å². The number of rotatable bonds is 7. The second-order valence-corrected chi connectivity index (χ2v) is 5.96. The van der Waals surface area contributed by atoms with E-state index in [4.69, 9.17) is 4.74 Å². The molecule has 1 aliphatic carbocycles. The summed E-state index contributed by atoms with van der Waals surface area (Å²) in [5, 5.41) is 19.4. The molecule has 0 saturated heterocycles. The first-order chi connectivity index (χ1) is 12.3. The Morgan fingerprint density at radius 3 is 2.46 bits per heavy atom. The van der Waals surface area contributed by atoms with Crippen LogP contribution in [0.25, 0.3) is 5.76 Å². The van der Waals surface area contributed by atoms with E-state index in [1.54, 1.807) is 0 Å². The Labute approximate surface area is 146 Å². The summed E-state index contributed by atoms with van der Waals surface area (Å²) in [7, 11) is 0. The van der Waals surface area contributed by atoms with Gasteiger partial charge >= 0.3 is 5.97 Å². The molecule has 9 heteroatoms. The maximum Gasteiger partial charge on any atom is 0.343 e. The van der Waals surface area contributed by atoms with E-state index in [0.717, 1.165) is 19.1 Å². The minimum Gasteiger partial charge on any atom is -0.506 e. The predicted octanol–water partition coefficient (Wildman–Crippen LogP) is 2.92. The molecular weight excluding hydrogens is 358 g/mol. The van der Waals surface area contributed by atoms with Crippen molar-refractivity contribution in [1.29, 1.82) is 0 Å². The van der Waals surface area contributed by atoms with Gasteiger partial charge in [-0.3, -0.25) is 4.99 Å². The Balaban J connectivity index is 2.45. The van der Waals surface area contributed by atoms with Crippen molar-refractivity contribution in [2.24, 2.45) is 10.4 Å². The van der Waals surface area contributed by atoms with E-state index in [1.807, 2.05) is 0 Å². The number of hydrogen-bond acceptors (Lipinski definition) is 5. The van der Waals surface area contributed by atoms with E-state index in [9.17, 15) is 32.6 Å². The molecule has 142 valence electrons. The highest BCUT2D eigenvalue weighted by Crippen LogP contribution is 2.45. The van der Waals surface area contributed by atoms with Crippen LogP contribution in [0, 0.1) is 28.7 Å². The number of aliphatic imine (C=N–C) groups is 1. The van der Waals surface area contributed by atoms with E-state index >= 15 is 0 Å². The fourth-order valence-corrected chi connectivity index (χ4v) is 2.18. The monoisotopic (exact) mass is 375 g/mol. The van der Waals surface area contributed by atoms with Crippen LogP contribution in [0.15, 0.2) is 16.6 Å². The van der Waals surface area contributed by atoms with Gasteiger partial charge in [-0.2, -0.15) is 0 Å². The van der Waals surface area contributed by atoms with Gasteiger partial charge in [0.05, 0.1) is 18.8 Å². The summed E-state index contributed by atoms with van der Waals surface area (Å²) in [6.07, 6.45) is 2.34.